The summed E-state index contributed by atoms with van der Waals surface area (Å²) in [6.07, 6.45) is 19.1. The van der Waals surface area contributed by atoms with Crippen LogP contribution in [0, 0.1) is 0 Å². The smallest absolute Gasteiger partial charge is 0.0431 e. The Balaban J connectivity index is 2.11. The first-order valence-corrected chi connectivity index (χ1v) is 8.77. The fourth-order valence-corrected chi connectivity index (χ4v) is 3.09. The predicted molar refractivity (Wildman–Crippen MR) is 83.5 cm³/mol. The number of aliphatic hydroxyl groups is 1. The average Bonchev–Trinajstić information content (AvgIpc) is 2.41. The van der Waals surface area contributed by atoms with E-state index in [0.717, 1.165) is 25.4 Å². The van der Waals surface area contributed by atoms with Crippen LogP contribution in [0.3, 0.4) is 0 Å². The van der Waals surface area contributed by atoms with E-state index in [-0.39, 0.29) is 0 Å². The predicted octanol–water partition coefficient (Wildman–Crippen LogP) is 4.41. The number of hydrogen-bond donors (Lipinski definition) is 2. The molecule has 1 aliphatic rings. The molecule has 0 atom stereocenters. The molecule has 0 heterocycles. The van der Waals surface area contributed by atoms with Gasteiger partial charge in [0.05, 0.1) is 0 Å². The molecule has 1 saturated carbocycles. The highest BCUT2D eigenvalue weighted by Gasteiger charge is 2.08. The van der Waals surface area contributed by atoms with E-state index >= 15 is 0 Å². The molecule has 0 radical (unpaired) electrons. The summed E-state index contributed by atoms with van der Waals surface area (Å²) in [6.45, 7) is 1.49. The van der Waals surface area contributed by atoms with Crippen LogP contribution >= 0.6 is 0 Å². The second-order valence-corrected chi connectivity index (χ2v) is 6.19. The van der Waals surface area contributed by atoms with Gasteiger partial charge in [-0.05, 0) is 38.6 Å². The highest BCUT2D eigenvalue weighted by molar-refractivity contribution is 4.68. The highest BCUT2D eigenvalue weighted by Crippen LogP contribution is 2.17. The number of rotatable bonds is 6. The van der Waals surface area contributed by atoms with Crippen LogP contribution in [0.2, 0.25) is 0 Å². The first-order valence-electron chi connectivity index (χ1n) is 8.77. The van der Waals surface area contributed by atoms with E-state index in [1.54, 1.807) is 0 Å². The fourth-order valence-electron chi connectivity index (χ4n) is 3.09. The molecule has 1 aliphatic carbocycles. The van der Waals surface area contributed by atoms with Crippen molar-refractivity contribution in [1.82, 2.24) is 5.32 Å². The molecule has 0 aliphatic heterocycles. The normalized spacial score (nSPS) is 20.7. The van der Waals surface area contributed by atoms with E-state index in [9.17, 15) is 0 Å². The Morgan fingerprint density at radius 2 is 1.21 bits per heavy atom. The minimum Gasteiger partial charge on any atom is -0.396 e. The van der Waals surface area contributed by atoms with Gasteiger partial charge in [-0.15, -0.1) is 0 Å². The van der Waals surface area contributed by atoms with Crippen molar-refractivity contribution in [3.05, 3.63) is 0 Å². The van der Waals surface area contributed by atoms with Gasteiger partial charge in [0, 0.05) is 12.6 Å². The third-order valence-corrected chi connectivity index (χ3v) is 4.37. The Hall–Kier alpha value is -0.0800. The summed E-state index contributed by atoms with van der Waals surface area (Å²) >= 11 is 0. The van der Waals surface area contributed by atoms with E-state index < -0.39 is 0 Å². The van der Waals surface area contributed by atoms with Crippen LogP contribution in [0.15, 0.2) is 0 Å². The largest absolute Gasteiger partial charge is 0.396 e. The molecule has 0 aromatic carbocycles. The average molecular weight is 269 g/mol. The van der Waals surface area contributed by atoms with Crippen LogP contribution in [-0.2, 0) is 0 Å². The number of hydrogen-bond acceptors (Lipinski definition) is 2. The van der Waals surface area contributed by atoms with Gasteiger partial charge in [-0.25, -0.2) is 0 Å². The Bertz CT molecular complexity index is 172. The summed E-state index contributed by atoms with van der Waals surface area (Å²) in [5.74, 6) is 0. The Morgan fingerprint density at radius 1 is 0.684 bits per heavy atom. The molecule has 2 N–H and O–H groups in total. The first kappa shape index (κ1) is 17.0. The molecule has 2 nitrogen and oxygen atoms in total. The second kappa shape index (κ2) is 12.9. The van der Waals surface area contributed by atoms with Gasteiger partial charge in [0.1, 0.15) is 0 Å². The quantitative estimate of drug-likeness (QED) is 0.700. The molecule has 0 spiro atoms. The minimum atomic E-state index is 0.351. The van der Waals surface area contributed by atoms with E-state index in [1.807, 2.05) is 0 Å². The molecule has 0 saturated heterocycles. The standard InChI is InChI=1S/C17H35NO/c19-16-12-8-11-15-18-17-13-9-6-4-2-1-3-5-7-10-14-17/h17-19H,1-16H2. The maximum Gasteiger partial charge on any atom is 0.0431 e. The molecule has 0 bridgehead atoms. The molecule has 0 aromatic heterocycles. The van der Waals surface area contributed by atoms with Crippen molar-refractivity contribution in [2.24, 2.45) is 0 Å². The summed E-state index contributed by atoms with van der Waals surface area (Å²) < 4.78 is 0. The molecule has 0 unspecified atom stereocenters. The Labute approximate surface area is 120 Å². The van der Waals surface area contributed by atoms with Crippen molar-refractivity contribution in [3.8, 4) is 0 Å². The monoisotopic (exact) mass is 269 g/mol. The van der Waals surface area contributed by atoms with Gasteiger partial charge in [0.25, 0.3) is 0 Å². The van der Waals surface area contributed by atoms with Crippen molar-refractivity contribution >= 4 is 0 Å². The summed E-state index contributed by atoms with van der Waals surface area (Å²) in [7, 11) is 0. The zero-order valence-corrected chi connectivity index (χ0v) is 12.8. The lowest BCUT2D eigenvalue weighted by Crippen LogP contribution is -2.30. The molecule has 114 valence electrons. The third-order valence-electron chi connectivity index (χ3n) is 4.37. The van der Waals surface area contributed by atoms with Crippen LogP contribution in [0.25, 0.3) is 0 Å². The summed E-state index contributed by atoms with van der Waals surface area (Å²) in [5, 5.41) is 12.5. The van der Waals surface area contributed by atoms with E-state index in [4.69, 9.17) is 5.11 Å². The van der Waals surface area contributed by atoms with Gasteiger partial charge in [-0.2, -0.15) is 0 Å². The van der Waals surface area contributed by atoms with Gasteiger partial charge in [-0.1, -0.05) is 57.8 Å². The number of aliphatic hydroxyl groups excluding tert-OH is 1. The molecule has 19 heavy (non-hydrogen) atoms. The second-order valence-electron chi connectivity index (χ2n) is 6.19. The van der Waals surface area contributed by atoms with Crippen molar-refractivity contribution < 1.29 is 5.11 Å². The van der Waals surface area contributed by atoms with Gasteiger partial charge in [0.2, 0.25) is 0 Å². The Kier molecular flexibility index (Phi) is 11.5. The maximum atomic E-state index is 8.77. The first-order chi connectivity index (χ1) is 9.43. The molecular formula is C17H35NO. The van der Waals surface area contributed by atoms with Crippen LogP contribution in [0.1, 0.15) is 89.9 Å². The molecule has 1 fully saturated rings. The topological polar surface area (TPSA) is 32.3 Å². The SMILES string of the molecule is OCCCCCNC1CCCCCCCCCCC1. The van der Waals surface area contributed by atoms with Crippen molar-refractivity contribution in [2.75, 3.05) is 13.2 Å². The van der Waals surface area contributed by atoms with Gasteiger partial charge in [-0.3, -0.25) is 0 Å². The van der Waals surface area contributed by atoms with Crippen LogP contribution in [0.4, 0.5) is 0 Å². The van der Waals surface area contributed by atoms with Crippen molar-refractivity contribution in [1.29, 1.82) is 0 Å². The maximum absolute atomic E-state index is 8.77. The Morgan fingerprint density at radius 3 is 1.74 bits per heavy atom. The van der Waals surface area contributed by atoms with E-state index in [1.165, 1.54) is 77.0 Å². The van der Waals surface area contributed by atoms with Crippen molar-refractivity contribution in [2.45, 2.75) is 95.9 Å². The zero-order chi connectivity index (χ0) is 13.6. The van der Waals surface area contributed by atoms with Gasteiger partial charge >= 0.3 is 0 Å². The van der Waals surface area contributed by atoms with Crippen LogP contribution < -0.4 is 5.32 Å². The molecule has 2 heteroatoms. The van der Waals surface area contributed by atoms with Crippen LogP contribution in [0.5, 0.6) is 0 Å². The third kappa shape index (κ3) is 10.4. The van der Waals surface area contributed by atoms with Crippen molar-refractivity contribution in [3.63, 3.8) is 0 Å². The summed E-state index contributed by atoms with van der Waals surface area (Å²) in [5.41, 5.74) is 0. The molecule has 0 amide bonds. The molecular weight excluding hydrogens is 234 g/mol. The molecule has 0 aromatic rings. The van der Waals surface area contributed by atoms with Gasteiger partial charge < -0.3 is 10.4 Å². The summed E-state index contributed by atoms with van der Waals surface area (Å²) in [4.78, 5) is 0. The van der Waals surface area contributed by atoms with Crippen LogP contribution in [-0.4, -0.2) is 24.3 Å². The lowest BCUT2D eigenvalue weighted by Gasteiger charge is -2.19. The fraction of sp³-hybridized carbons (Fsp3) is 1.00. The van der Waals surface area contributed by atoms with Gasteiger partial charge in [0.15, 0.2) is 0 Å². The molecule has 1 rings (SSSR count). The lowest BCUT2D eigenvalue weighted by atomic mass is 9.98. The lowest BCUT2D eigenvalue weighted by molar-refractivity contribution is 0.282. The summed E-state index contributed by atoms with van der Waals surface area (Å²) in [6, 6.07) is 0.758. The number of nitrogens with one attached hydrogen (secondary N) is 1. The minimum absolute atomic E-state index is 0.351. The zero-order valence-electron chi connectivity index (χ0n) is 12.8. The number of unbranched alkanes of at least 4 members (excludes halogenated alkanes) is 2. The van der Waals surface area contributed by atoms with E-state index in [2.05, 4.69) is 5.32 Å². The highest BCUT2D eigenvalue weighted by atomic mass is 16.2. The van der Waals surface area contributed by atoms with E-state index in [0.29, 0.717) is 6.61 Å².